The van der Waals surface area contributed by atoms with Crippen LogP contribution in [-0.2, 0) is 44.7 Å². The molecule has 0 heterocycles. The van der Waals surface area contributed by atoms with Crippen molar-refractivity contribution in [3.05, 3.63) is 94.6 Å². The van der Waals surface area contributed by atoms with E-state index in [0.717, 1.165) is 18.4 Å². The van der Waals surface area contributed by atoms with Crippen LogP contribution < -0.4 is 0 Å². The van der Waals surface area contributed by atoms with Gasteiger partial charge in [-0.2, -0.15) is 0 Å². The van der Waals surface area contributed by atoms with Crippen LogP contribution in [-0.4, -0.2) is 48.6 Å². The van der Waals surface area contributed by atoms with Crippen LogP contribution in [0.5, 0.6) is 0 Å². The van der Waals surface area contributed by atoms with Gasteiger partial charge in [-0.1, -0.05) is 69.3 Å². The highest BCUT2D eigenvalue weighted by Gasteiger charge is 2.20. The van der Waals surface area contributed by atoms with Crippen molar-refractivity contribution in [3.8, 4) is 0 Å². The number of hydrogen-bond acceptors (Lipinski definition) is 6. The first kappa shape index (κ1) is 32.8. The molecule has 8 heteroatoms. The van der Waals surface area contributed by atoms with E-state index < -0.39 is 42.7 Å². The third kappa shape index (κ3) is 10.7. The minimum atomic E-state index is -0.932. The summed E-state index contributed by atoms with van der Waals surface area (Å²) in [6, 6.07) is 11.4. The zero-order valence-electron chi connectivity index (χ0n) is 23.2. The number of unbranched alkanes of at least 4 members (excludes halogenated alkanes) is 2. The number of hydrogen-bond donors (Lipinski definition) is 2. The predicted molar refractivity (Wildman–Crippen MR) is 150 cm³/mol. The predicted octanol–water partition coefficient (Wildman–Crippen LogP) is 5.21. The molecule has 0 fully saturated rings. The Morgan fingerprint density at radius 2 is 1.23 bits per heavy atom. The molecule has 0 aliphatic rings. The van der Waals surface area contributed by atoms with Crippen LogP contribution in [0.2, 0.25) is 0 Å². The maximum Gasteiger partial charge on any atom is 0.335 e. The zero-order valence-corrected chi connectivity index (χ0v) is 23.2. The number of esters is 2. The summed E-state index contributed by atoms with van der Waals surface area (Å²) in [4.78, 5) is 23.7. The van der Waals surface area contributed by atoms with Crippen LogP contribution in [0.3, 0.4) is 0 Å². The molecule has 0 unspecified atom stereocenters. The summed E-state index contributed by atoms with van der Waals surface area (Å²) in [7, 11) is 0. The van der Waals surface area contributed by atoms with E-state index in [1.165, 1.54) is 18.4 Å². The van der Waals surface area contributed by atoms with Crippen molar-refractivity contribution in [1.82, 2.24) is 0 Å². The first-order chi connectivity index (χ1) is 19.2. The van der Waals surface area contributed by atoms with E-state index in [9.17, 15) is 18.4 Å². The smallest absolute Gasteiger partial charge is 0.335 e. The van der Waals surface area contributed by atoms with Gasteiger partial charge in [-0.05, 0) is 60.8 Å². The molecule has 0 aliphatic heterocycles. The van der Waals surface area contributed by atoms with Gasteiger partial charge in [0.1, 0.15) is 0 Å². The van der Waals surface area contributed by atoms with E-state index in [1.54, 1.807) is 12.1 Å². The SMILES string of the molecule is C=C(CO)C(=O)OCC(CCc1ccc(CCc2ccc(CCCCC)cc2)c(F)c1F)COC(=O)C(=C)CO. The van der Waals surface area contributed by atoms with Gasteiger partial charge < -0.3 is 19.7 Å². The number of rotatable bonds is 18. The molecule has 0 amide bonds. The Bertz CT molecular complexity index is 1110. The van der Waals surface area contributed by atoms with Crippen LogP contribution in [0.25, 0.3) is 0 Å². The fourth-order valence-corrected chi connectivity index (χ4v) is 4.04. The summed E-state index contributed by atoms with van der Waals surface area (Å²) in [5.74, 6) is -4.00. The topological polar surface area (TPSA) is 93.1 Å². The lowest BCUT2D eigenvalue weighted by molar-refractivity contribution is -0.144. The van der Waals surface area contributed by atoms with Gasteiger partial charge in [0.15, 0.2) is 11.6 Å². The molecule has 218 valence electrons. The fraction of sp³-hybridized carbons (Fsp3) is 0.438. The molecule has 0 saturated heterocycles. The van der Waals surface area contributed by atoms with Crippen molar-refractivity contribution in [2.75, 3.05) is 26.4 Å². The average molecular weight is 559 g/mol. The highest BCUT2D eigenvalue weighted by Crippen LogP contribution is 2.22. The lowest BCUT2D eigenvalue weighted by atomic mass is 9.97. The van der Waals surface area contributed by atoms with Crippen molar-refractivity contribution < 1.29 is 38.1 Å². The van der Waals surface area contributed by atoms with Crippen molar-refractivity contribution in [2.45, 2.75) is 58.3 Å². The van der Waals surface area contributed by atoms with Gasteiger partial charge in [-0.15, -0.1) is 0 Å². The van der Waals surface area contributed by atoms with Crippen molar-refractivity contribution >= 4 is 11.9 Å². The molecule has 0 bridgehead atoms. The fourth-order valence-electron chi connectivity index (χ4n) is 4.04. The Kier molecular flexibility index (Phi) is 14.3. The number of carbonyl (C=O) groups is 2. The van der Waals surface area contributed by atoms with Gasteiger partial charge in [0.05, 0.1) is 37.6 Å². The summed E-state index contributed by atoms with van der Waals surface area (Å²) >= 11 is 0. The third-order valence-corrected chi connectivity index (χ3v) is 6.70. The molecule has 0 aliphatic carbocycles. The standard InChI is InChI=1S/C32H40F2O6/c1-4-5-6-7-24-8-10-25(11-9-24)12-14-27-16-17-28(30(34)29(27)33)15-13-26(20-39-31(37)22(2)18-35)21-40-32(38)23(3)19-36/h8-11,16-17,26,35-36H,2-7,12-15,18-21H2,1H3. The lowest BCUT2D eigenvalue weighted by Crippen LogP contribution is -2.23. The second kappa shape index (κ2) is 17.4. The van der Waals surface area contributed by atoms with E-state index in [4.69, 9.17) is 19.7 Å². The number of ether oxygens (including phenoxy) is 2. The quantitative estimate of drug-likeness (QED) is 0.148. The highest BCUT2D eigenvalue weighted by atomic mass is 19.2. The Hall–Kier alpha value is -3.36. The van der Waals surface area contributed by atoms with Crippen LogP contribution >= 0.6 is 0 Å². The Labute approximate surface area is 235 Å². The van der Waals surface area contributed by atoms with Gasteiger partial charge in [0.25, 0.3) is 0 Å². The van der Waals surface area contributed by atoms with Crippen LogP contribution in [0.15, 0.2) is 60.7 Å². The molecule has 0 saturated carbocycles. The second-order valence-corrected chi connectivity index (χ2v) is 9.91. The molecule has 0 atom stereocenters. The summed E-state index contributed by atoms with van der Waals surface area (Å²) in [6.07, 6.45) is 5.82. The number of aryl methyl sites for hydroxylation is 4. The van der Waals surface area contributed by atoms with E-state index in [1.807, 2.05) is 12.1 Å². The third-order valence-electron chi connectivity index (χ3n) is 6.70. The molecule has 2 aromatic rings. The molecule has 0 spiro atoms. The number of carbonyl (C=O) groups excluding carboxylic acids is 2. The first-order valence-electron chi connectivity index (χ1n) is 13.6. The Morgan fingerprint density at radius 1 is 0.750 bits per heavy atom. The maximum absolute atomic E-state index is 14.9. The molecule has 0 aromatic heterocycles. The normalized spacial score (nSPS) is 10.9. The molecule has 0 radical (unpaired) electrons. The van der Waals surface area contributed by atoms with E-state index in [0.29, 0.717) is 12.8 Å². The summed E-state index contributed by atoms with van der Waals surface area (Å²) in [6.45, 7) is 7.42. The summed E-state index contributed by atoms with van der Waals surface area (Å²) in [5, 5.41) is 18.1. The number of halogens is 2. The maximum atomic E-state index is 14.9. The number of aliphatic hydroxyl groups is 2. The van der Waals surface area contributed by atoms with Gasteiger partial charge in [0, 0.05) is 5.92 Å². The molecular formula is C32H40F2O6. The molecule has 6 nitrogen and oxygen atoms in total. The van der Waals surface area contributed by atoms with Crippen LogP contribution in [0, 0.1) is 17.6 Å². The molecule has 2 aromatic carbocycles. The van der Waals surface area contributed by atoms with Crippen molar-refractivity contribution in [1.29, 1.82) is 0 Å². The second-order valence-electron chi connectivity index (χ2n) is 9.91. The van der Waals surface area contributed by atoms with E-state index >= 15 is 0 Å². The summed E-state index contributed by atoms with van der Waals surface area (Å²) < 4.78 is 40.1. The van der Waals surface area contributed by atoms with Gasteiger partial charge in [-0.25, -0.2) is 18.4 Å². The average Bonchev–Trinajstić information content (AvgIpc) is 2.97. The summed E-state index contributed by atoms with van der Waals surface area (Å²) in [5.41, 5.74) is 2.49. The van der Waals surface area contributed by atoms with Crippen molar-refractivity contribution in [3.63, 3.8) is 0 Å². The van der Waals surface area contributed by atoms with E-state index in [-0.39, 0.29) is 48.3 Å². The first-order valence-corrected chi connectivity index (χ1v) is 13.6. The van der Waals surface area contributed by atoms with Crippen LogP contribution in [0.4, 0.5) is 8.78 Å². The minimum Gasteiger partial charge on any atom is -0.462 e. The van der Waals surface area contributed by atoms with Gasteiger partial charge in [-0.3, -0.25) is 0 Å². The van der Waals surface area contributed by atoms with Crippen molar-refractivity contribution in [2.24, 2.45) is 5.92 Å². The molecule has 2 N–H and O–H groups in total. The Balaban J connectivity index is 1.99. The zero-order chi connectivity index (χ0) is 29.5. The minimum absolute atomic E-state index is 0.101. The molecule has 2 rings (SSSR count). The Morgan fingerprint density at radius 3 is 1.70 bits per heavy atom. The molecule has 40 heavy (non-hydrogen) atoms. The van der Waals surface area contributed by atoms with Gasteiger partial charge in [0.2, 0.25) is 0 Å². The lowest BCUT2D eigenvalue weighted by Gasteiger charge is -2.18. The number of benzene rings is 2. The monoisotopic (exact) mass is 558 g/mol. The number of aliphatic hydroxyl groups excluding tert-OH is 2. The highest BCUT2D eigenvalue weighted by molar-refractivity contribution is 5.88. The van der Waals surface area contributed by atoms with Crippen LogP contribution in [0.1, 0.15) is 54.9 Å². The van der Waals surface area contributed by atoms with Gasteiger partial charge >= 0.3 is 11.9 Å². The largest absolute Gasteiger partial charge is 0.462 e. The molecular weight excluding hydrogens is 518 g/mol. The van der Waals surface area contributed by atoms with E-state index in [2.05, 4.69) is 32.2 Å².